The van der Waals surface area contributed by atoms with Crippen LogP contribution in [-0.2, 0) is 4.79 Å². The minimum Gasteiger partial charge on any atom is -0.457 e. The number of benzene rings is 3. The molecule has 4 aromatic rings. The highest BCUT2D eigenvalue weighted by atomic mass is 32.2. The molecule has 1 aliphatic rings. The number of hydrogen-bond donors (Lipinski definition) is 1. The molecule has 3 aromatic carbocycles. The van der Waals surface area contributed by atoms with E-state index in [2.05, 4.69) is 30.4 Å². The topological polar surface area (TPSA) is 56.2 Å². The fourth-order valence-electron chi connectivity index (χ4n) is 4.08. The van der Waals surface area contributed by atoms with Gasteiger partial charge in [0.1, 0.15) is 17.3 Å². The molecule has 0 spiro atoms. The molecule has 33 heavy (non-hydrogen) atoms. The minimum absolute atomic E-state index is 0.0116. The molecule has 1 N–H and O–H groups in total. The van der Waals surface area contributed by atoms with E-state index in [1.165, 1.54) is 0 Å². The second-order valence-electron chi connectivity index (χ2n) is 8.18. The van der Waals surface area contributed by atoms with Crippen molar-refractivity contribution in [1.29, 1.82) is 0 Å². The summed E-state index contributed by atoms with van der Waals surface area (Å²) in [6.07, 6.45) is 0. The van der Waals surface area contributed by atoms with Gasteiger partial charge in [0.2, 0.25) is 5.91 Å². The molecule has 5 nitrogen and oxygen atoms in total. The molecule has 1 aliphatic heterocycles. The van der Waals surface area contributed by atoms with Crippen molar-refractivity contribution < 1.29 is 9.53 Å². The van der Waals surface area contributed by atoms with E-state index in [1.54, 1.807) is 11.8 Å². The number of nitrogens with one attached hydrogen (secondary N) is 1. The first-order chi connectivity index (χ1) is 16.0. The molecule has 2 heterocycles. The van der Waals surface area contributed by atoms with E-state index in [0.717, 1.165) is 45.4 Å². The fraction of sp³-hybridized carbons (Fsp3) is 0.185. The lowest BCUT2D eigenvalue weighted by molar-refractivity contribution is -0.115. The van der Waals surface area contributed by atoms with Gasteiger partial charge in [0.25, 0.3) is 0 Å². The van der Waals surface area contributed by atoms with Gasteiger partial charge in [0.15, 0.2) is 0 Å². The number of para-hydroxylation sites is 2. The summed E-state index contributed by atoms with van der Waals surface area (Å²) in [5.41, 5.74) is 5.12. The number of aromatic nitrogens is 2. The Bertz CT molecular complexity index is 1300. The fourth-order valence-corrected chi connectivity index (χ4v) is 5.40. The Morgan fingerprint density at radius 3 is 2.30 bits per heavy atom. The summed E-state index contributed by atoms with van der Waals surface area (Å²) in [7, 11) is 0. The third-order valence-corrected chi connectivity index (χ3v) is 7.23. The highest BCUT2D eigenvalue weighted by Gasteiger charge is 2.34. The first-order valence-electron chi connectivity index (χ1n) is 11.0. The predicted octanol–water partition coefficient (Wildman–Crippen LogP) is 6.44. The smallest absolute Gasteiger partial charge is 0.238 e. The average molecular weight is 456 g/mol. The summed E-state index contributed by atoms with van der Waals surface area (Å²) < 4.78 is 7.83. The van der Waals surface area contributed by atoms with Gasteiger partial charge >= 0.3 is 0 Å². The van der Waals surface area contributed by atoms with Crippen molar-refractivity contribution in [2.45, 2.75) is 31.3 Å². The number of carbonyl (C=O) groups is 1. The van der Waals surface area contributed by atoms with Crippen LogP contribution in [0.4, 0.5) is 5.82 Å². The lowest BCUT2D eigenvalue weighted by Gasteiger charge is -2.18. The number of aryl methyl sites for hydroxylation is 2. The SMILES string of the molecule is Cc1ccccc1-n1nc(C)c2c1NC(=O)[C@@H](C)S[C@@H]2c1ccc(Oc2ccccc2)cc1. The molecule has 0 saturated carbocycles. The number of amides is 1. The van der Waals surface area contributed by atoms with E-state index in [0.29, 0.717) is 0 Å². The van der Waals surface area contributed by atoms with Crippen LogP contribution in [0.25, 0.3) is 5.69 Å². The maximum atomic E-state index is 12.9. The van der Waals surface area contributed by atoms with Gasteiger partial charge in [0.05, 0.1) is 21.9 Å². The third kappa shape index (κ3) is 4.14. The van der Waals surface area contributed by atoms with Crippen molar-refractivity contribution in [2.24, 2.45) is 0 Å². The van der Waals surface area contributed by atoms with E-state index in [1.807, 2.05) is 79.2 Å². The van der Waals surface area contributed by atoms with Gasteiger partial charge in [-0.1, -0.05) is 48.5 Å². The summed E-state index contributed by atoms with van der Waals surface area (Å²) in [6.45, 7) is 6.01. The van der Waals surface area contributed by atoms with Gasteiger partial charge in [-0.05, 0) is 62.2 Å². The van der Waals surface area contributed by atoms with Crippen molar-refractivity contribution >= 4 is 23.5 Å². The molecule has 2 atom stereocenters. The lowest BCUT2D eigenvalue weighted by Crippen LogP contribution is -2.22. The van der Waals surface area contributed by atoms with Crippen LogP contribution in [0.15, 0.2) is 78.9 Å². The summed E-state index contributed by atoms with van der Waals surface area (Å²) in [5, 5.41) is 7.75. The molecule has 0 aliphatic carbocycles. The van der Waals surface area contributed by atoms with E-state index in [-0.39, 0.29) is 16.4 Å². The van der Waals surface area contributed by atoms with Gasteiger partial charge in [0, 0.05) is 5.56 Å². The van der Waals surface area contributed by atoms with Crippen molar-refractivity contribution in [1.82, 2.24) is 9.78 Å². The summed E-state index contributed by atoms with van der Waals surface area (Å²) in [6, 6.07) is 25.9. The van der Waals surface area contributed by atoms with Crippen molar-refractivity contribution in [3.05, 3.63) is 101 Å². The Hall–Kier alpha value is -3.51. The van der Waals surface area contributed by atoms with Crippen LogP contribution in [0.3, 0.4) is 0 Å². The molecular formula is C27H25N3O2S. The number of rotatable bonds is 4. The maximum absolute atomic E-state index is 12.9. The second-order valence-corrected chi connectivity index (χ2v) is 9.63. The summed E-state index contributed by atoms with van der Waals surface area (Å²) in [4.78, 5) is 12.9. The molecule has 0 saturated heterocycles. The monoisotopic (exact) mass is 455 g/mol. The number of anilines is 1. The van der Waals surface area contributed by atoms with Crippen LogP contribution in [-0.4, -0.2) is 20.9 Å². The summed E-state index contributed by atoms with van der Waals surface area (Å²) in [5.74, 6) is 2.31. The first kappa shape index (κ1) is 21.3. The van der Waals surface area contributed by atoms with Gasteiger partial charge in [-0.2, -0.15) is 5.10 Å². The Labute approximate surface area is 197 Å². The molecule has 0 radical (unpaired) electrons. The van der Waals surface area contributed by atoms with Gasteiger partial charge in [-0.3, -0.25) is 4.79 Å². The molecule has 0 fully saturated rings. The van der Waals surface area contributed by atoms with Gasteiger partial charge in [-0.15, -0.1) is 11.8 Å². The molecule has 1 aromatic heterocycles. The Balaban J connectivity index is 1.55. The van der Waals surface area contributed by atoms with Crippen molar-refractivity contribution in [3.63, 3.8) is 0 Å². The molecule has 0 bridgehead atoms. The Morgan fingerprint density at radius 1 is 0.909 bits per heavy atom. The largest absolute Gasteiger partial charge is 0.457 e. The van der Waals surface area contributed by atoms with E-state index < -0.39 is 0 Å². The lowest BCUT2D eigenvalue weighted by atomic mass is 10.0. The zero-order valence-corrected chi connectivity index (χ0v) is 19.6. The van der Waals surface area contributed by atoms with Crippen LogP contribution < -0.4 is 10.1 Å². The minimum atomic E-state index is -0.202. The van der Waals surface area contributed by atoms with Crippen molar-refractivity contribution in [2.75, 3.05) is 5.32 Å². The summed E-state index contributed by atoms with van der Waals surface area (Å²) >= 11 is 1.64. The number of carbonyl (C=O) groups excluding carboxylic acids is 1. The maximum Gasteiger partial charge on any atom is 0.238 e. The Morgan fingerprint density at radius 2 is 1.58 bits per heavy atom. The molecule has 6 heteroatoms. The second kappa shape index (κ2) is 8.79. The Kier molecular flexibility index (Phi) is 5.68. The number of thioether (sulfide) groups is 1. The average Bonchev–Trinajstić information content (AvgIpc) is 3.06. The number of fused-ring (bicyclic) bond motifs is 1. The zero-order chi connectivity index (χ0) is 22.9. The van der Waals surface area contributed by atoms with E-state index >= 15 is 0 Å². The van der Waals surface area contributed by atoms with Crippen LogP contribution in [0, 0.1) is 13.8 Å². The van der Waals surface area contributed by atoms with Crippen LogP contribution in [0.5, 0.6) is 11.5 Å². The van der Waals surface area contributed by atoms with E-state index in [4.69, 9.17) is 9.84 Å². The van der Waals surface area contributed by atoms with Crippen LogP contribution in [0.1, 0.15) is 34.6 Å². The number of ether oxygens (including phenoxy) is 1. The molecule has 166 valence electrons. The number of nitrogens with zero attached hydrogens (tertiary/aromatic N) is 2. The van der Waals surface area contributed by atoms with Crippen LogP contribution in [0.2, 0.25) is 0 Å². The zero-order valence-electron chi connectivity index (χ0n) is 18.8. The molecule has 1 amide bonds. The standard InChI is InChI=1S/C27H25N3O2S/c1-17-9-7-8-12-23(17)30-26-24(18(2)29-30)25(33-19(3)27(31)28-26)20-13-15-22(16-14-20)32-21-10-5-4-6-11-21/h4-16,19,25H,1-3H3,(H,28,31)/t19-,25-/m1/s1. The first-order valence-corrected chi connectivity index (χ1v) is 11.9. The third-order valence-electron chi connectivity index (χ3n) is 5.83. The molecular weight excluding hydrogens is 430 g/mol. The highest BCUT2D eigenvalue weighted by Crippen LogP contribution is 2.46. The molecule has 5 rings (SSSR count). The van der Waals surface area contributed by atoms with Crippen LogP contribution >= 0.6 is 11.8 Å². The normalized spacial score (nSPS) is 17.7. The quantitative estimate of drug-likeness (QED) is 0.384. The van der Waals surface area contributed by atoms with Crippen molar-refractivity contribution in [3.8, 4) is 17.2 Å². The molecule has 0 unspecified atom stereocenters. The predicted molar refractivity (Wildman–Crippen MR) is 134 cm³/mol. The highest BCUT2D eigenvalue weighted by molar-refractivity contribution is 8.01. The number of hydrogen-bond acceptors (Lipinski definition) is 4. The van der Waals surface area contributed by atoms with Gasteiger partial charge in [-0.25, -0.2) is 4.68 Å². The van der Waals surface area contributed by atoms with E-state index in [9.17, 15) is 4.79 Å². The van der Waals surface area contributed by atoms with Gasteiger partial charge < -0.3 is 10.1 Å².